The molecule has 15 heteroatoms. The van der Waals surface area contributed by atoms with Crippen molar-refractivity contribution < 1.29 is 42.0 Å². The standard InChI is InChI=1S/C34H53N5O9S/c1-34(2,3)48-33(44)38-18-15-26(16-19-38)39(22-24-12-8-5-9-13-24)32(43)37-27(20-23-10-6-4-7-11-23)30(41)36-28(31(42)49(45,46)47)21-25-14-17-35-29(25)40/h5,8-9,12-13,23,25-28,31,42H,4,6-7,10-11,14-22H2,1-3H3,(H,35,40)(H,36,41)(H,37,43)(H,45,46,47)/t25-,27-,28-,31?/m0/s1. The highest BCUT2D eigenvalue weighted by Crippen LogP contribution is 2.29. The molecule has 4 atom stereocenters. The Morgan fingerprint density at radius 2 is 1.65 bits per heavy atom. The molecule has 2 heterocycles. The molecule has 49 heavy (non-hydrogen) atoms. The molecule has 0 aromatic heterocycles. The second-order valence-electron chi connectivity index (χ2n) is 14.6. The minimum absolute atomic E-state index is 0.134. The van der Waals surface area contributed by atoms with E-state index in [0.29, 0.717) is 45.3 Å². The number of amides is 5. The molecule has 1 aromatic rings. The summed E-state index contributed by atoms with van der Waals surface area (Å²) in [6.07, 6.45) is 5.85. The molecule has 0 spiro atoms. The molecule has 1 aromatic carbocycles. The predicted octanol–water partition coefficient (Wildman–Crippen LogP) is 3.15. The highest BCUT2D eigenvalue weighted by Gasteiger charge is 2.39. The van der Waals surface area contributed by atoms with Crippen molar-refractivity contribution in [2.45, 2.75) is 121 Å². The largest absolute Gasteiger partial charge is 0.444 e. The first kappa shape index (κ1) is 38.4. The molecule has 5 amide bonds. The topological polar surface area (TPSA) is 195 Å². The molecule has 5 N–H and O–H groups in total. The Morgan fingerprint density at radius 3 is 2.22 bits per heavy atom. The summed E-state index contributed by atoms with van der Waals surface area (Å²) >= 11 is 0. The minimum Gasteiger partial charge on any atom is -0.444 e. The zero-order chi connectivity index (χ0) is 35.8. The van der Waals surface area contributed by atoms with Crippen LogP contribution in [0.3, 0.4) is 0 Å². The Balaban J connectivity index is 1.54. The molecule has 1 unspecified atom stereocenters. The maximum atomic E-state index is 14.2. The van der Waals surface area contributed by atoms with Gasteiger partial charge in [0.2, 0.25) is 17.3 Å². The zero-order valence-electron chi connectivity index (χ0n) is 28.8. The Morgan fingerprint density at radius 1 is 1.00 bits per heavy atom. The van der Waals surface area contributed by atoms with E-state index in [1.165, 1.54) is 0 Å². The van der Waals surface area contributed by atoms with E-state index < -0.39 is 57.2 Å². The van der Waals surface area contributed by atoms with Gasteiger partial charge in [-0.15, -0.1) is 0 Å². The van der Waals surface area contributed by atoms with Gasteiger partial charge in [0.1, 0.15) is 11.6 Å². The zero-order valence-corrected chi connectivity index (χ0v) is 29.6. The molecular weight excluding hydrogens is 654 g/mol. The number of aliphatic hydroxyl groups excluding tert-OH is 1. The van der Waals surface area contributed by atoms with Crippen molar-refractivity contribution in [1.29, 1.82) is 0 Å². The molecule has 3 fully saturated rings. The van der Waals surface area contributed by atoms with Crippen LogP contribution in [0.25, 0.3) is 0 Å². The smallest absolute Gasteiger partial charge is 0.410 e. The summed E-state index contributed by atoms with van der Waals surface area (Å²) in [5.74, 6) is -1.57. The molecule has 2 saturated heterocycles. The third-order valence-corrected chi connectivity index (χ3v) is 10.5. The normalized spacial score (nSPS) is 21.3. The van der Waals surface area contributed by atoms with E-state index >= 15 is 0 Å². The van der Waals surface area contributed by atoms with Crippen LogP contribution in [0, 0.1) is 11.8 Å². The van der Waals surface area contributed by atoms with Crippen molar-refractivity contribution >= 4 is 34.1 Å². The molecular formula is C34H53N5O9S. The number of carbonyl (C=O) groups excluding carboxylic acids is 4. The second-order valence-corrected chi connectivity index (χ2v) is 16.1. The summed E-state index contributed by atoms with van der Waals surface area (Å²) in [6.45, 7) is 6.81. The Bertz CT molecular complexity index is 1390. The molecule has 4 rings (SSSR count). The third-order valence-electron chi connectivity index (χ3n) is 9.60. The number of piperidine rings is 1. The summed E-state index contributed by atoms with van der Waals surface area (Å²) in [5, 5.41) is 18.7. The van der Waals surface area contributed by atoms with Crippen LogP contribution in [-0.4, -0.2) is 101 Å². The van der Waals surface area contributed by atoms with Gasteiger partial charge < -0.3 is 35.6 Å². The van der Waals surface area contributed by atoms with Gasteiger partial charge in [-0.1, -0.05) is 62.4 Å². The lowest BCUT2D eigenvalue weighted by molar-refractivity contribution is -0.126. The SMILES string of the molecule is CC(C)(C)OC(=O)N1CCC(N(Cc2ccccc2)C(=O)N[C@@H](CC2CCCCC2)C(=O)N[C@@H](C[C@@H]2CCNC2=O)C(O)S(=O)(=O)O)CC1. The van der Waals surface area contributed by atoms with E-state index in [9.17, 15) is 37.3 Å². The summed E-state index contributed by atoms with van der Waals surface area (Å²) < 4.78 is 39.2. The van der Waals surface area contributed by atoms with Gasteiger partial charge in [-0.25, -0.2) is 9.59 Å². The van der Waals surface area contributed by atoms with Gasteiger partial charge in [-0.3, -0.25) is 14.1 Å². The fraction of sp³-hybridized carbons (Fsp3) is 0.706. The minimum atomic E-state index is -4.99. The van der Waals surface area contributed by atoms with E-state index in [1.807, 2.05) is 30.3 Å². The predicted molar refractivity (Wildman–Crippen MR) is 182 cm³/mol. The average molecular weight is 708 g/mol. The van der Waals surface area contributed by atoms with E-state index in [2.05, 4.69) is 16.0 Å². The third kappa shape index (κ3) is 11.6. The molecule has 1 saturated carbocycles. The summed E-state index contributed by atoms with van der Waals surface area (Å²) in [4.78, 5) is 56.5. The van der Waals surface area contributed by atoms with Crippen LogP contribution in [0.4, 0.5) is 9.59 Å². The van der Waals surface area contributed by atoms with E-state index in [1.54, 1.807) is 30.6 Å². The molecule has 2 aliphatic heterocycles. The number of hydrogen-bond acceptors (Lipinski definition) is 8. The van der Waals surface area contributed by atoms with Crippen LogP contribution < -0.4 is 16.0 Å². The van der Waals surface area contributed by atoms with Crippen molar-refractivity contribution in [2.75, 3.05) is 19.6 Å². The van der Waals surface area contributed by atoms with Crippen molar-refractivity contribution in [3.8, 4) is 0 Å². The number of hydrogen-bond donors (Lipinski definition) is 5. The molecule has 274 valence electrons. The van der Waals surface area contributed by atoms with E-state index in [4.69, 9.17) is 4.74 Å². The first-order valence-corrected chi connectivity index (χ1v) is 18.9. The number of ether oxygens (including phenoxy) is 1. The lowest BCUT2D eigenvalue weighted by Crippen LogP contribution is -2.58. The van der Waals surface area contributed by atoms with Crippen LogP contribution in [0.2, 0.25) is 0 Å². The molecule has 0 bridgehead atoms. The Kier molecular flexibility index (Phi) is 13.3. The van der Waals surface area contributed by atoms with Crippen LogP contribution in [0.5, 0.6) is 0 Å². The fourth-order valence-electron chi connectivity index (χ4n) is 6.97. The number of rotatable bonds is 12. The Labute approximate surface area is 289 Å². The van der Waals surface area contributed by atoms with Crippen LogP contribution >= 0.6 is 0 Å². The highest BCUT2D eigenvalue weighted by molar-refractivity contribution is 7.86. The van der Waals surface area contributed by atoms with Crippen molar-refractivity contribution in [3.05, 3.63) is 35.9 Å². The highest BCUT2D eigenvalue weighted by atomic mass is 32.2. The number of aliphatic hydroxyl groups is 1. The van der Waals surface area contributed by atoms with E-state index in [0.717, 1.165) is 37.7 Å². The number of urea groups is 1. The van der Waals surface area contributed by atoms with Gasteiger partial charge >= 0.3 is 12.1 Å². The van der Waals surface area contributed by atoms with Crippen LogP contribution in [-0.2, 0) is 31.0 Å². The maximum absolute atomic E-state index is 14.2. The lowest BCUT2D eigenvalue weighted by atomic mass is 9.84. The Hall–Kier alpha value is -3.43. The summed E-state index contributed by atoms with van der Waals surface area (Å²) in [5.41, 5.74) is -2.12. The van der Waals surface area contributed by atoms with Gasteiger partial charge in [-0.2, -0.15) is 8.42 Å². The maximum Gasteiger partial charge on any atom is 0.410 e. The fourth-order valence-corrected chi connectivity index (χ4v) is 7.56. The number of benzene rings is 1. The second kappa shape index (κ2) is 17.0. The molecule has 1 aliphatic carbocycles. The van der Waals surface area contributed by atoms with Gasteiger partial charge in [-0.05, 0) is 64.4 Å². The first-order chi connectivity index (χ1) is 23.1. The number of nitrogens with one attached hydrogen (secondary N) is 3. The first-order valence-electron chi connectivity index (χ1n) is 17.4. The quantitative estimate of drug-likeness (QED) is 0.203. The van der Waals surface area contributed by atoms with Gasteiger partial charge in [0.05, 0.1) is 6.04 Å². The van der Waals surface area contributed by atoms with Gasteiger partial charge in [0.15, 0.2) is 0 Å². The average Bonchev–Trinajstić information content (AvgIpc) is 3.46. The monoisotopic (exact) mass is 707 g/mol. The van der Waals surface area contributed by atoms with E-state index in [-0.39, 0.29) is 30.8 Å². The summed E-state index contributed by atoms with van der Waals surface area (Å²) in [6, 6.07) is 6.13. The van der Waals surface area contributed by atoms with Crippen molar-refractivity contribution in [2.24, 2.45) is 11.8 Å². The molecule has 0 radical (unpaired) electrons. The molecule has 3 aliphatic rings. The van der Waals surface area contributed by atoms with Crippen LogP contribution in [0.15, 0.2) is 30.3 Å². The number of nitrogens with zero attached hydrogens (tertiary/aromatic N) is 2. The number of carbonyl (C=O) groups is 4. The van der Waals surface area contributed by atoms with Crippen molar-refractivity contribution in [3.63, 3.8) is 0 Å². The van der Waals surface area contributed by atoms with Crippen LogP contribution in [0.1, 0.15) is 90.5 Å². The van der Waals surface area contributed by atoms with Crippen molar-refractivity contribution in [1.82, 2.24) is 25.8 Å². The lowest BCUT2D eigenvalue weighted by Gasteiger charge is -2.39. The summed E-state index contributed by atoms with van der Waals surface area (Å²) in [7, 11) is -4.99. The van der Waals surface area contributed by atoms with Gasteiger partial charge in [0.25, 0.3) is 10.1 Å². The van der Waals surface area contributed by atoms with Gasteiger partial charge in [0, 0.05) is 38.1 Å². The molecule has 14 nitrogen and oxygen atoms in total. The number of likely N-dealkylation sites (tertiary alicyclic amines) is 1.